The molecule has 0 saturated carbocycles. The van der Waals surface area contributed by atoms with Crippen molar-refractivity contribution in [2.45, 2.75) is 26.2 Å². The second-order valence-electron chi connectivity index (χ2n) is 2.66. The summed E-state index contributed by atoms with van der Waals surface area (Å²) in [4.78, 5) is 2.39. The monoisotopic (exact) mass is 125 g/mol. The average molecular weight is 125 g/mol. The normalized spacial score (nSPS) is 19.2. The lowest BCUT2D eigenvalue weighted by molar-refractivity contribution is 0.394. The molecule has 0 amide bonds. The molecule has 1 nitrogen and oxygen atoms in total. The second-order valence-corrected chi connectivity index (χ2v) is 2.66. The van der Waals surface area contributed by atoms with E-state index in [0.29, 0.717) is 0 Å². The van der Waals surface area contributed by atoms with Crippen LogP contribution in [0.4, 0.5) is 0 Å². The van der Waals surface area contributed by atoms with Crippen LogP contribution in [0.25, 0.3) is 0 Å². The molecule has 1 heterocycles. The summed E-state index contributed by atoms with van der Waals surface area (Å²) in [6, 6.07) is 0. The molecule has 1 aliphatic heterocycles. The van der Waals surface area contributed by atoms with E-state index in [2.05, 4.69) is 18.4 Å². The molecule has 1 heteroatoms. The van der Waals surface area contributed by atoms with Crippen LogP contribution in [0.5, 0.6) is 0 Å². The zero-order chi connectivity index (χ0) is 6.69. The summed E-state index contributed by atoms with van der Waals surface area (Å²) in [5, 5.41) is 0. The number of rotatable bonds is 2. The molecule has 9 heavy (non-hydrogen) atoms. The van der Waals surface area contributed by atoms with Crippen molar-refractivity contribution < 1.29 is 0 Å². The fourth-order valence-electron chi connectivity index (χ4n) is 1.33. The molecule has 0 N–H and O–H groups in total. The molecule has 0 aromatic carbocycles. The topological polar surface area (TPSA) is 3.24 Å². The van der Waals surface area contributed by atoms with Crippen LogP contribution in [0.2, 0.25) is 0 Å². The van der Waals surface area contributed by atoms with Crippen molar-refractivity contribution >= 4 is 0 Å². The summed E-state index contributed by atoms with van der Waals surface area (Å²) in [6.07, 6.45) is 3.79. The Morgan fingerprint density at radius 2 is 2.44 bits per heavy atom. The first-order chi connectivity index (χ1) is 4.34. The number of likely N-dealkylation sites (tertiary alicyclic amines) is 1. The third-order valence-corrected chi connectivity index (χ3v) is 1.83. The molecule has 0 aromatic rings. The van der Waals surface area contributed by atoms with Gasteiger partial charge in [-0.3, -0.25) is 0 Å². The lowest BCUT2D eigenvalue weighted by Gasteiger charge is -2.17. The first kappa shape index (κ1) is 6.66. The van der Waals surface area contributed by atoms with Crippen LogP contribution in [0.15, 0.2) is 12.3 Å². The molecule has 1 rings (SSSR count). The van der Waals surface area contributed by atoms with Gasteiger partial charge in [-0.05, 0) is 19.3 Å². The van der Waals surface area contributed by atoms with Gasteiger partial charge in [0.1, 0.15) is 0 Å². The van der Waals surface area contributed by atoms with E-state index in [1.165, 1.54) is 38.0 Å². The van der Waals surface area contributed by atoms with E-state index in [4.69, 9.17) is 0 Å². The van der Waals surface area contributed by atoms with E-state index < -0.39 is 0 Å². The maximum absolute atomic E-state index is 3.98. The van der Waals surface area contributed by atoms with Crippen LogP contribution in [0.3, 0.4) is 0 Å². The average Bonchev–Trinajstić information content (AvgIpc) is 2.18. The molecule has 0 radical (unpaired) electrons. The van der Waals surface area contributed by atoms with E-state index in [-0.39, 0.29) is 0 Å². The molecule has 1 fully saturated rings. The van der Waals surface area contributed by atoms with Gasteiger partial charge in [0.15, 0.2) is 0 Å². The molecule has 1 aliphatic rings. The van der Waals surface area contributed by atoms with Crippen molar-refractivity contribution in [2.75, 3.05) is 13.1 Å². The van der Waals surface area contributed by atoms with E-state index in [1.54, 1.807) is 0 Å². The van der Waals surface area contributed by atoms with Gasteiger partial charge in [0, 0.05) is 18.8 Å². The summed E-state index contributed by atoms with van der Waals surface area (Å²) in [5.74, 6) is 0. The Bertz CT molecular complexity index is 107. The Kier molecular flexibility index (Phi) is 2.15. The predicted octanol–water partition coefficient (Wildman–Crippen LogP) is 2.01. The van der Waals surface area contributed by atoms with Gasteiger partial charge in [0.2, 0.25) is 0 Å². The van der Waals surface area contributed by atoms with Crippen molar-refractivity contribution in [1.82, 2.24) is 4.90 Å². The van der Waals surface area contributed by atoms with Gasteiger partial charge in [-0.15, -0.1) is 0 Å². The van der Waals surface area contributed by atoms with Gasteiger partial charge in [0.25, 0.3) is 0 Å². The SMILES string of the molecule is C=C1CCCN1CCC. The number of nitrogens with zero attached hydrogens (tertiary/aromatic N) is 1. The quantitative estimate of drug-likeness (QED) is 0.545. The highest BCUT2D eigenvalue weighted by atomic mass is 15.1. The maximum Gasteiger partial charge on any atom is 0.0178 e. The van der Waals surface area contributed by atoms with Crippen molar-refractivity contribution in [1.29, 1.82) is 0 Å². The van der Waals surface area contributed by atoms with E-state index in [1.807, 2.05) is 0 Å². The van der Waals surface area contributed by atoms with E-state index in [9.17, 15) is 0 Å². The minimum Gasteiger partial charge on any atom is -0.375 e. The number of allylic oxidation sites excluding steroid dienone is 1. The maximum atomic E-state index is 3.98. The van der Waals surface area contributed by atoms with Crippen molar-refractivity contribution in [3.63, 3.8) is 0 Å². The Morgan fingerprint density at radius 3 is 2.89 bits per heavy atom. The minimum atomic E-state index is 1.21. The zero-order valence-electron chi connectivity index (χ0n) is 6.19. The van der Waals surface area contributed by atoms with Crippen molar-refractivity contribution in [3.8, 4) is 0 Å². The number of hydrogen-bond acceptors (Lipinski definition) is 1. The minimum absolute atomic E-state index is 1.21. The van der Waals surface area contributed by atoms with Crippen LogP contribution in [-0.2, 0) is 0 Å². The Hall–Kier alpha value is -0.460. The summed E-state index contributed by atoms with van der Waals surface area (Å²) in [7, 11) is 0. The van der Waals surface area contributed by atoms with Crippen LogP contribution in [0.1, 0.15) is 26.2 Å². The third kappa shape index (κ3) is 1.47. The summed E-state index contributed by atoms with van der Waals surface area (Å²) in [5.41, 5.74) is 1.34. The van der Waals surface area contributed by atoms with Gasteiger partial charge >= 0.3 is 0 Å². The Labute approximate surface area is 57.4 Å². The highest BCUT2D eigenvalue weighted by Gasteiger charge is 2.12. The fourth-order valence-corrected chi connectivity index (χ4v) is 1.33. The molecule has 0 atom stereocenters. The van der Waals surface area contributed by atoms with Crippen LogP contribution in [-0.4, -0.2) is 18.0 Å². The zero-order valence-corrected chi connectivity index (χ0v) is 6.19. The molecule has 0 bridgehead atoms. The van der Waals surface area contributed by atoms with Crippen molar-refractivity contribution in [2.24, 2.45) is 0 Å². The van der Waals surface area contributed by atoms with Crippen LogP contribution in [0, 0.1) is 0 Å². The van der Waals surface area contributed by atoms with Gasteiger partial charge < -0.3 is 4.90 Å². The third-order valence-electron chi connectivity index (χ3n) is 1.83. The van der Waals surface area contributed by atoms with E-state index >= 15 is 0 Å². The summed E-state index contributed by atoms with van der Waals surface area (Å²) >= 11 is 0. The predicted molar refractivity (Wildman–Crippen MR) is 40.2 cm³/mol. The highest BCUT2D eigenvalue weighted by molar-refractivity contribution is 4.98. The molecule has 0 aliphatic carbocycles. The van der Waals surface area contributed by atoms with Crippen molar-refractivity contribution in [3.05, 3.63) is 12.3 Å². The lowest BCUT2D eigenvalue weighted by atomic mass is 10.3. The molecule has 52 valence electrons. The highest BCUT2D eigenvalue weighted by Crippen LogP contribution is 2.18. The fraction of sp³-hybridized carbons (Fsp3) is 0.750. The Morgan fingerprint density at radius 1 is 1.67 bits per heavy atom. The van der Waals surface area contributed by atoms with Gasteiger partial charge in [0.05, 0.1) is 0 Å². The first-order valence-corrected chi connectivity index (χ1v) is 3.77. The Balaban J connectivity index is 2.31. The van der Waals surface area contributed by atoms with E-state index in [0.717, 1.165) is 0 Å². The number of hydrogen-bond donors (Lipinski definition) is 0. The van der Waals surface area contributed by atoms with Crippen LogP contribution >= 0.6 is 0 Å². The van der Waals surface area contributed by atoms with Crippen LogP contribution < -0.4 is 0 Å². The largest absolute Gasteiger partial charge is 0.375 e. The molecular formula is C8H15N. The molecule has 0 unspecified atom stereocenters. The molecule has 0 aromatic heterocycles. The standard InChI is InChI=1S/C8H15N/c1-3-6-9-7-4-5-8(9)2/h2-7H2,1H3. The molecule has 0 spiro atoms. The first-order valence-electron chi connectivity index (χ1n) is 3.77. The molecular weight excluding hydrogens is 110 g/mol. The second kappa shape index (κ2) is 2.90. The summed E-state index contributed by atoms with van der Waals surface area (Å²) in [6.45, 7) is 8.64. The summed E-state index contributed by atoms with van der Waals surface area (Å²) < 4.78 is 0. The van der Waals surface area contributed by atoms with Gasteiger partial charge in [-0.25, -0.2) is 0 Å². The lowest BCUT2D eigenvalue weighted by Crippen LogP contribution is -2.17. The molecule has 1 saturated heterocycles. The smallest absolute Gasteiger partial charge is 0.0178 e. The van der Waals surface area contributed by atoms with Gasteiger partial charge in [-0.2, -0.15) is 0 Å². The van der Waals surface area contributed by atoms with Gasteiger partial charge in [-0.1, -0.05) is 13.5 Å².